The van der Waals surface area contributed by atoms with E-state index in [4.69, 9.17) is 0 Å². The van der Waals surface area contributed by atoms with Crippen molar-refractivity contribution >= 4 is 21.7 Å². The number of H-pyrrole nitrogens is 1. The first-order valence-corrected chi connectivity index (χ1v) is 8.11. The Bertz CT molecular complexity index is 726. The van der Waals surface area contributed by atoms with E-state index in [1.54, 1.807) is 18.6 Å². The Morgan fingerprint density at radius 1 is 1.00 bits per heavy atom. The molecular weight excluding hydrogens is 356 g/mol. The predicted molar refractivity (Wildman–Crippen MR) is 94.0 cm³/mol. The molecule has 0 atom stereocenters. The molecule has 2 aromatic heterocycles. The van der Waals surface area contributed by atoms with Crippen LogP contribution in [0.15, 0.2) is 53.5 Å². The lowest BCUT2D eigenvalue weighted by Crippen LogP contribution is -2.22. The van der Waals surface area contributed by atoms with Gasteiger partial charge in [-0.15, -0.1) is 0 Å². The van der Waals surface area contributed by atoms with Crippen LogP contribution >= 0.6 is 15.9 Å². The fourth-order valence-corrected chi connectivity index (χ4v) is 2.37. The Morgan fingerprint density at radius 2 is 1.87 bits per heavy atom. The third-order valence-electron chi connectivity index (χ3n) is 3.25. The van der Waals surface area contributed by atoms with Gasteiger partial charge in [-0.25, -0.2) is 9.97 Å². The molecule has 118 valence electrons. The van der Waals surface area contributed by atoms with Crippen LogP contribution < -0.4 is 10.6 Å². The normalized spacial score (nSPS) is 10.7. The second kappa shape index (κ2) is 7.85. The van der Waals surface area contributed by atoms with Gasteiger partial charge in [-0.3, -0.25) is 4.98 Å². The van der Waals surface area contributed by atoms with Crippen molar-refractivity contribution in [2.45, 2.75) is 6.54 Å². The average molecular weight is 373 g/mol. The standard InChI is InChI=1S/C16H17BrN6/c17-13-3-1-12(2-4-13)14-9-22-16(23-14)11-19-6-8-21-15-10-18-5-7-20-15/h1-5,7,9-10,19H,6,8,11H2,(H,20,21)(H,22,23). The van der Waals surface area contributed by atoms with Crippen molar-refractivity contribution in [3.63, 3.8) is 0 Å². The van der Waals surface area contributed by atoms with E-state index < -0.39 is 0 Å². The first-order chi connectivity index (χ1) is 11.3. The summed E-state index contributed by atoms with van der Waals surface area (Å²) in [4.78, 5) is 15.9. The summed E-state index contributed by atoms with van der Waals surface area (Å²) in [6.07, 6.45) is 6.89. The molecule has 0 aliphatic heterocycles. The molecule has 6 nitrogen and oxygen atoms in total. The Kier molecular flexibility index (Phi) is 5.33. The SMILES string of the molecule is Brc1ccc(-c2cnc(CNCCNc3cnccn3)[nH]2)cc1. The van der Waals surface area contributed by atoms with Crippen molar-refractivity contribution in [2.24, 2.45) is 0 Å². The summed E-state index contributed by atoms with van der Waals surface area (Å²) in [5.74, 6) is 1.70. The molecule has 3 aromatic rings. The number of benzene rings is 1. The van der Waals surface area contributed by atoms with Crippen LogP contribution in [0, 0.1) is 0 Å². The minimum atomic E-state index is 0.693. The van der Waals surface area contributed by atoms with Crippen molar-refractivity contribution < 1.29 is 0 Å². The number of nitrogens with zero attached hydrogens (tertiary/aromatic N) is 3. The van der Waals surface area contributed by atoms with Gasteiger partial charge in [-0.1, -0.05) is 28.1 Å². The average Bonchev–Trinajstić information content (AvgIpc) is 3.05. The number of halogens is 1. The van der Waals surface area contributed by atoms with Crippen LogP contribution in [0.3, 0.4) is 0 Å². The minimum Gasteiger partial charge on any atom is -0.368 e. The molecular formula is C16H17BrN6. The lowest BCUT2D eigenvalue weighted by molar-refractivity contribution is 0.681. The number of anilines is 1. The first-order valence-electron chi connectivity index (χ1n) is 7.32. The topological polar surface area (TPSA) is 78.5 Å². The van der Waals surface area contributed by atoms with Gasteiger partial charge in [0, 0.05) is 30.0 Å². The van der Waals surface area contributed by atoms with Gasteiger partial charge in [-0.05, 0) is 17.7 Å². The Morgan fingerprint density at radius 3 is 2.65 bits per heavy atom. The van der Waals surface area contributed by atoms with Gasteiger partial charge < -0.3 is 15.6 Å². The Balaban J connectivity index is 1.43. The molecule has 0 unspecified atom stereocenters. The van der Waals surface area contributed by atoms with E-state index in [-0.39, 0.29) is 0 Å². The highest BCUT2D eigenvalue weighted by molar-refractivity contribution is 9.10. The largest absolute Gasteiger partial charge is 0.368 e. The third kappa shape index (κ3) is 4.61. The molecule has 0 saturated carbocycles. The molecule has 0 fully saturated rings. The first kappa shape index (κ1) is 15.6. The molecule has 23 heavy (non-hydrogen) atoms. The Hall–Kier alpha value is -2.25. The number of imidazole rings is 1. The van der Waals surface area contributed by atoms with Gasteiger partial charge in [0.25, 0.3) is 0 Å². The van der Waals surface area contributed by atoms with E-state index in [2.05, 4.69) is 58.6 Å². The molecule has 0 bridgehead atoms. The van der Waals surface area contributed by atoms with Gasteiger partial charge in [-0.2, -0.15) is 0 Å². The van der Waals surface area contributed by atoms with E-state index in [1.165, 1.54) is 0 Å². The van der Waals surface area contributed by atoms with E-state index >= 15 is 0 Å². The number of aromatic amines is 1. The summed E-state index contributed by atoms with van der Waals surface area (Å²) in [7, 11) is 0. The summed E-state index contributed by atoms with van der Waals surface area (Å²) < 4.78 is 1.07. The van der Waals surface area contributed by atoms with Crippen molar-refractivity contribution in [1.82, 2.24) is 25.3 Å². The van der Waals surface area contributed by atoms with Crippen LogP contribution in [0.25, 0.3) is 11.3 Å². The van der Waals surface area contributed by atoms with E-state index in [1.807, 2.05) is 18.3 Å². The summed E-state index contributed by atoms with van der Waals surface area (Å²) >= 11 is 3.44. The zero-order chi connectivity index (χ0) is 15.9. The quantitative estimate of drug-likeness (QED) is 0.555. The third-order valence-corrected chi connectivity index (χ3v) is 3.78. The highest BCUT2D eigenvalue weighted by Crippen LogP contribution is 2.19. The van der Waals surface area contributed by atoms with Gasteiger partial charge in [0.2, 0.25) is 0 Å². The van der Waals surface area contributed by atoms with Crippen LogP contribution in [-0.2, 0) is 6.54 Å². The van der Waals surface area contributed by atoms with E-state index in [0.717, 1.165) is 40.5 Å². The number of nitrogens with one attached hydrogen (secondary N) is 3. The fraction of sp³-hybridized carbons (Fsp3) is 0.188. The lowest BCUT2D eigenvalue weighted by atomic mass is 10.2. The maximum absolute atomic E-state index is 4.40. The minimum absolute atomic E-state index is 0.693. The molecule has 3 rings (SSSR count). The molecule has 0 radical (unpaired) electrons. The number of aromatic nitrogens is 4. The molecule has 0 amide bonds. The molecule has 2 heterocycles. The molecule has 1 aromatic carbocycles. The van der Waals surface area contributed by atoms with Crippen molar-refractivity contribution in [2.75, 3.05) is 18.4 Å². The second-order valence-electron chi connectivity index (χ2n) is 4.94. The lowest BCUT2D eigenvalue weighted by Gasteiger charge is -2.05. The zero-order valence-corrected chi connectivity index (χ0v) is 14.0. The highest BCUT2D eigenvalue weighted by atomic mass is 79.9. The molecule has 0 saturated heterocycles. The Labute approximate surface area is 142 Å². The van der Waals surface area contributed by atoms with Crippen LogP contribution in [-0.4, -0.2) is 33.0 Å². The molecule has 0 aliphatic carbocycles. The van der Waals surface area contributed by atoms with Gasteiger partial charge >= 0.3 is 0 Å². The monoisotopic (exact) mass is 372 g/mol. The molecule has 3 N–H and O–H groups in total. The summed E-state index contributed by atoms with van der Waals surface area (Å²) in [6.45, 7) is 2.28. The van der Waals surface area contributed by atoms with E-state index in [9.17, 15) is 0 Å². The number of rotatable bonds is 7. The molecule has 7 heteroatoms. The van der Waals surface area contributed by atoms with Crippen LogP contribution in [0.2, 0.25) is 0 Å². The van der Waals surface area contributed by atoms with E-state index in [0.29, 0.717) is 6.54 Å². The fourth-order valence-electron chi connectivity index (χ4n) is 2.10. The number of hydrogen-bond acceptors (Lipinski definition) is 5. The van der Waals surface area contributed by atoms with Crippen molar-refractivity contribution in [1.29, 1.82) is 0 Å². The maximum atomic E-state index is 4.40. The van der Waals surface area contributed by atoms with Crippen LogP contribution in [0.4, 0.5) is 5.82 Å². The number of hydrogen-bond donors (Lipinski definition) is 3. The maximum Gasteiger partial charge on any atom is 0.144 e. The highest BCUT2D eigenvalue weighted by Gasteiger charge is 2.03. The van der Waals surface area contributed by atoms with Crippen LogP contribution in [0.5, 0.6) is 0 Å². The zero-order valence-electron chi connectivity index (χ0n) is 12.5. The predicted octanol–water partition coefficient (Wildman–Crippen LogP) is 2.83. The second-order valence-corrected chi connectivity index (χ2v) is 5.86. The van der Waals surface area contributed by atoms with Gasteiger partial charge in [0.1, 0.15) is 11.6 Å². The summed E-state index contributed by atoms with van der Waals surface area (Å²) in [6, 6.07) is 8.15. The molecule has 0 spiro atoms. The van der Waals surface area contributed by atoms with Crippen molar-refractivity contribution in [3.05, 3.63) is 59.3 Å². The summed E-state index contributed by atoms with van der Waals surface area (Å²) in [5.41, 5.74) is 2.14. The summed E-state index contributed by atoms with van der Waals surface area (Å²) in [5, 5.41) is 6.53. The van der Waals surface area contributed by atoms with Crippen molar-refractivity contribution in [3.8, 4) is 11.3 Å². The van der Waals surface area contributed by atoms with Gasteiger partial charge in [0.15, 0.2) is 0 Å². The smallest absolute Gasteiger partial charge is 0.144 e. The van der Waals surface area contributed by atoms with Gasteiger partial charge in [0.05, 0.1) is 24.6 Å². The molecule has 0 aliphatic rings. The van der Waals surface area contributed by atoms with Crippen LogP contribution in [0.1, 0.15) is 5.82 Å².